The minimum Gasteiger partial charge on any atom is -0.480 e. The van der Waals surface area contributed by atoms with Gasteiger partial charge >= 0.3 is 23.9 Å². The van der Waals surface area contributed by atoms with Crippen molar-refractivity contribution in [2.24, 2.45) is 22.9 Å². The molecule has 0 aliphatic heterocycles. The van der Waals surface area contributed by atoms with Gasteiger partial charge in [0.15, 0.2) is 0 Å². The van der Waals surface area contributed by atoms with Crippen molar-refractivity contribution in [1.82, 2.24) is 22.2 Å². The third-order valence-corrected chi connectivity index (χ3v) is 5.51. The molecule has 0 aliphatic carbocycles. The molecular weight excluding hydrogens is 632 g/mol. The lowest BCUT2D eigenvalue weighted by Crippen LogP contribution is -2.31. The average molecular weight is 689 g/mol. The maximum absolute atomic E-state index is 11.7. The summed E-state index contributed by atoms with van der Waals surface area (Å²) < 4.78 is 46.7. The normalized spacial score (nSPS) is 12.6. The first-order valence-corrected chi connectivity index (χ1v) is 14.0. The van der Waals surface area contributed by atoms with Crippen molar-refractivity contribution in [3.8, 4) is 0 Å². The van der Waals surface area contributed by atoms with Crippen molar-refractivity contribution in [2.45, 2.75) is 101 Å². The van der Waals surface area contributed by atoms with E-state index in [0.717, 1.165) is 25.7 Å². The number of unbranched alkanes of at least 4 members (excludes halogenated alkanes) is 4. The number of carboxylic acids is 4. The predicted octanol–water partition coefficient (Wildman–Crippen LogP) is -1.28. The first kappa shape index (κ1) is 52.0. The van der Waals surface area contributed by atoms with Gasteiger partial charge in [-0.3, -0.25) is 19.2 Å². The fourth-order valence-electron chi connectivity index (χ4n) is 2.87. The molecule has 0 amide bonds. The van der Waals surface area contributed by atoms with E-state index in [9.17, 15) is 37.1 Å². The largest absolute Gasteiger partial charge is 0.480 e. The van der Waals surface area contributed by atoms with Crippen LogP contribution in [0.3, 0.4) is 0 Å². The number of hydrogen-bond donors (Lipinski definition) is 12. The summed E-state index contributed by atoms with van der Waals surface area (Å²) in [5.74, 6) is -4.65. The lowest BCUT2D eigenvalue weighted by atomic mass is 10.1. The van der Waals surface area contributed by atoms with Crippen molar-refractivity contribution in [1.29, 1.82) is 0 Å². The number of aliphatic carboxylic acids is 4. The number of rotatable bonds is 24. The van der Waals surface area contributed by atoms with Gasteiger partial charge in [0.25, 0.3) is 0 Å². The molecule has 0 fully saturated rings. The quantitative estimate of drug-likeness (QED) is 0.0243. The van der Waals surface area contributed by atoms with Crippen LogP contribution in [0.4, 0.5) is 17.9 Å². The van der Waals surface area contributed by atoms with Gasteiger partial charge in [0.05, 0.1) is 0 Å². The molecule has 21 heteroatoms. The smallest absolute Gasteiger partial charge is 0.323 e. The zero-order valence-corrected chi connectivity index (χ0v) is 24.9. The Morgan fingerprint density at radius 1 is 0.422 bits per heavy atom. The number of nitrogens with two attached hydrogens (primary N) is 4. The molecule has 0 aliphatic rings. The maximum atomic E-state index is 11.7. The van der Waals surface area contributed by atoms with E-state index in [4.69, 9.17) is 43.4 Å². The molecule has 4 atom stereocenters. The van der Waals surface area contributed by atoms with Crippen LogP contribution in [0, 0.1) is 0 Å². The minimum atomic E-state index is -1.16. The lowest BCUT2D eigenvalue weighted by molar-refractivity contribution is -0.142. The molecule has 0 radical (unpaired) electrons. The Labute approximate surface area is 265 Å². The molecule has 0 rings (SSSR count). The second-order valence-corrected chi connectivity index (χ2v) is 9.14. The highest BCUT2D eigenvalue weighted by molar-refractivity contribution is 5.75. The Morgan fingerprint density at radius 2 is 0.578 bits per heavy atom. The molecule has 0 spiro atoms. The van der Waals surface area contributed by atoms with E-state index in [0.29, 0.717) is 51.9 Å². The molecular formula is C24H56F4N8O8Si. The van der Waals surface area contributed by atoms with Crippen molar-refractivity contribution in [2.75, 3.05) is 26.2 Å². The Kier molecular flexibility index (Phi) is 45.7. The molecule has 272 valence electrons. The van der Waals surface area contributed by atoms with Crippen molar-refractivity contribution in [3.05, 3.63) is 0 Å². The molecule has 0 aromatic rings. The summed E-state index contributed by atoms with van der Waals surface area (Å²) in [6, 6.07) is -4.33. The second kappa shape index (κ2) is 39.5. The first-order valence-electron chi connectivity index (χ1n) is 14.0. The zero-order valence-electron chi connectivity index (χ0n) is 24.9. The van der Waals surface area contributed by atoms with E-state index in [1.807, 2.05) is 0 Å². The van der Waals surface area contributed by atoms with Crippen LogP contribution in [0.2, 0.25) is 0 Å². The van der Waals surface area contributed by atoms with Gasteiger partial charge < -0.3 is 43.4 Å². The van der Waals surface area contributed by atoms with Crippen LogP contribution in [0.15, 0.2) is 0 Å². The maximum Gasteiger partial charge on any atom is 0.323 e. The fraction of sp³-hybridized carbons (Fsp3) is 0.833. The monoisotopic (exact) mass is 688 g/mol. The van der Waals surface area contributed by atoms with E-state index < -0.39 is 48.0 Å². The molecule has 0 saturated heterocycles. The SMILES string of the molecule is NCCCC[C@H](NF)C(=O)O.NCCCC[C@H](NF)C(=O)O.NCCCC[C@H](NF)C(=O)O.NCCCC[C@H](NF)C(=O)O.[SiH4]. The van der Waals surface area contributed by atoms with Gasteiger partial charge in [0, 0.05) is 0 Å². The Bertz CT molecular complexity index is 604. The highest BCUT2D eigenvalue weighted by atomic mass is 28.1. The second-order valence-electron chi connectivity index (χ2n) is 9.14. The van der Waals surface area contributed by atoms with Gasteiger partial charge in [-0.15, -0.1) is 40.1 Å². The summed E-state index contributed by atoms with van der Waals surface area (Å²) in [6.07, 6.45) is 6.55. The molecule has 16 nitrogen and oxygen atoms in total. The number of carbonyl (C=O) groups is 4. The summed E-state index contributed by atoms with van der Waals surface area (Å²) >= 11 is 0. The Morgan fingerprint density at radius 3 is 0.667 bits per heavy atom. The number of nitrogens with one attached hydrogen (secondary N) is 4. The van der Waals surface area contributed by atoms with Crippen LogP contribution in [-0.2, 0) is 19.2 Å². The van der Waals surface area contributed by atoms with Crippen LogP contribution in [0.25, 0.3) is 0 Å². The highest BCUT2D eigenvalue weighted by Gasteiger charge is 2.17. The van der Waals surface area contributed by atoms with Crippen molar-refractivity contribution in [3.63, 3.8) is 0 Å². The van der Waals surface area contributed by atoms with Gasteiger partial charge in [-0.05, 0) is 114 Å². The topological polar surface area (TPSA) is 301 Å². The molecule has 0 unspecified atom stereocenters. The van der Waals surface area contributed by atoms with Gasteiger partial charge in [-0.2, -0.15) is 0 Å². The lowest BCUT2D eigenvalue weighted by Gasteiger charge is -2.06. The molecule has 16 N–H and O–H groups in total. The molecule has 0 heterocycles. The first-order chi connectivity index (χ1) is 20.9. The highest BCUT2D eigenvalue weighted by Crippen LogP contribution is 2.02. The summed E-state index contributed by atoms with van der Waals surface area (Å²) in [5.41, 5.74) is 25.6. The summed E-state index contributed by atoms with van der Waals surface area (Å²) in [4.78, 5) is 40.8. The van der Waals surface area contributed by atoms with E-state index in [1.54, 1.807) is 0 Å². The Hall–Kier alpha value is -2.50. The predicted molar refractivity (Wildman–Crippen MR) is 166 cm³/mol. The van der Waals surface area contributed by atoms with E-state index in [1.165, 1.54) is 22.2 Å². The van der Waals surface area contributed by atoms with Crippen LogP contribution >= 0.6 is 0 Å². The summed E-state index contributed by atoms with van der Waals surface area (Å²) in [5, 5.41) is 33.4. The van der Waals surface area contributed by atoms with Crippen LogP contribution in [0.5, 0.6) is 0 Å². The molecule has 0 saturated carbocycles. The van der Waals surface area contributed by atoms with E-state index in [-0.39, 0.29) is 36.6 Å². The Balaban J connectivity index is -0.000000157. The zero-order chi connectivity index (χ0) is 34.8. The van der Waals surface area contributed by atoms with Crippen LogP contribution < -0.4 is 45.1 Å². The molecule has 0 aromatic heterocycles. The number of hydrogen-bond acceptors (Lipinski definition) is 12. The molecule has 0 aromatic carbocycles. The van der Waals surface area contributed by atoms with Gasteiger partial charge in [-0.1, -0.05) is 0 Å². The van der Waals surface area contributed by atoms with Gasteiger partial charge in [0.2, 0.25) is 0 Å². The molecule has 45 heavy (non-hydrogen) atoms. The fourth-order valence-corrected chi connectivity index (χ4v) is 2.87. The number of carboxylic acid groups (broad SMARTS) is 4. The standard InChI is InChI=1S/4C6H13FN2O2.H4Si/c4*7-9-5(6(10)11)3-1-2-4-8;/h4*5,9H,1-4,8H2,(H,10,11);1H4/t4*5-;/m0000./s1. The molecule has 0 bridgehead atoms. The van der Waals surface area contributed by atoms with Crippen molar-refractivity contribution >= 4 is 34.8 Å². The third kappa shape index (κ3) is 37.6. The van der Waals surface area contributed by atoms with Crippen LogP contribution in [-0.4, -0.2) is 106 Å². The van der Waals surface area contributed by atoms with Gasteiger partial charge in [0.1, 0.15) is 24.2 Å². The number of halogens is 4. The minimum absolute atomic E-state index is 0. The third-order valence-electron chi connectivity index (χ3n) is 5.51. The average Bonchev–Trinajstić information content (AvgIpc) is 2.98. The van der Waals surface area contributed by atoms with Crippen molar-refractivity contribution < 1.29 is 57.5 Å². The van der Waals surface area contributed by atoms with E-state index in [2.05, 4.69) is 0 Å². The summed E-state index contributed by atoms with van der Waals surface area (Å²) in [7, 11) is 0. The van der Waals surface area contributed by atoms with Gasteiger partial charge in [-0.25, -0.2) is 0 Å². The van der Waals surface area contributed by atoms with E-state index >= 15 is 0 Å². The van der Waals surface area contributed by atoms with Crippen LogP contribution in [0.1, 0.15) is 77.0 Å². The summed E-state index contributed by atoms with van der Waals surface area (Å²) in [6.45, 7) is 2.05.